The van der Waals surface area contributed by atoms with E-state index in [1.165, 1.54) is 6.92 Å². The summed E-state index contributed by atoms with van der Waals surface area (Å²) in [6.45, 7) is 2.81. The highest BCUT2D eigenvalue weighted by Crippen LogP contribution is 2.17. The molecular formula is C18H18N2O4. The number of aryl methyl sites for hydroxylation is 1. The fraction of sp³-hybridized carbons (Fsp3) is 0.167. The predicted molar refractivity (Wildman–Crippen MR) is 91.0 cm³/mol. The first kappa shape index (κ1) is 17.2. The maximum atomic E-state index is 12.0. The summed E-state index contributed by atoms with van der Waals surface area (Å²) in [5.74, 6) is -1.19. The number of ketones is 1. The Hall–Kier alpha value is -3.15. The Morgan fingerprint density at radius 1 is 1.08 bits per heavy atom. The zero-order chi connectivity index (χ0) is 17.7. The van der Waals surface area contributed by atoms with Crippen LogP contribution >= 0.6 is 0 Å². The van der Waals surface area contributed by atoms with Crippen LogP contribution in [0.1, 0.15) is 33.2 Å². The summed E-state index contributed by atoms with van der Waals surface area (Å²) in [5, 5.41) is 2.58. The number of para-hydroxylation sites is 1. The molecule has 0 bridgehead atoms. The van der Waals surface area contributed by atoms with Gasteiger partial charge >= 0.3 is 5.97 Å². The number of nitrogens with two attached hydrogens (primary N) is 1. The van der Waals surface area contributed by atoms with E-state index in [1.807, 2.05) is 0 Å². The maximum absolute atomic E-state index is 12.0. The molecule has 2 aromatic rings. The van der Waals surface area contributed by atoms with Crippen molar-refractivity contribution in [3.8, 4) is 0 Å². The third-order valence-corrected chi connectivity index (χ3v) is 3.45. The third kappa shape index (κ3) is 4.19. The SMILES string of the molecule is CC(=O)c1ccc(NC(=O)COC(=O)c2cccc(C)c2N)cc1. The fourth-order valence-corrected chi connectivity index (χ4v) is 2.05. The van der Waals surface area contributed by atoms with Gasteiger partial charge in [0.1, 0.15) is 0 Å². The quantitative estimate of drug-likeness (QED) is 0.500. The van der Waals surface area contributed by atoms with Crippen molar-refractivity contribution in [3.05, 3.63) is 59.2 Å². The number of rotatable bonds is 5. The van der Waals surface area contributed by atoms with E-state index < -0.39 is 18.5 Å². The van der Waals surface area contributed by atoms with Crippen LogP contribution in [0.4, 0.5) is 11.4 Å². The molecule has 6 heteroatoms. The van der Waals surface area contributed by atoms with E-state index in [-0.39, 0.29) is 11.3 Å². The molecule has 0 aliphatic carbocycles. The van der Waals surface area contributed by atoms with Gasteiger partial charge in [-0.3, -0.25) is 9.59 Å². The molecule has 0 unspecified atom stereocenters. The Morgan fingerprint density at radius 3 is 2.38 bits per heavy atom. The molecule has 6 nitrogen and oxygen atoms in total. The molecule has 2 aromatic carbocycles. The Kier molecular flexibility index (Phi) is 5.31. The second kappa shape index (κ2) is 7.41. The molecule has 0 aromatic heterocycles. The fourth-order valence-electron chi connectivity index (χ4n) is 2.05. The first-order chi connectivity index (χ1) is 11.4. The van der Waals surface area contributed by atoms with Crippen molar-refractivity contribution >= 4 is 29.0 Å². The van der Waals surface area contributed by atoms with Crippen LogP contribution in [0.15, 0.2) is 42.5 Å². The van der Waals surface area contributed by atoms with Gasteiger partial charge in [0, 0.05) is 16.9 Å². The molecule has 2 rings (SSSR count). The Labute approximate surface area is 139 Å². The van der Waals surface area contributed by atoms with Crippen LogP contribution in [0, 0.1) is 6.92 Å². The lowest BCUT2D eigenvalue weighted by molar-refractivity contribution is -0.119. The lowest BCUT2D eigenvalue weighted by Crippen LogP contribution is -2.21. The lowest BCUT2D eigenvalue weighted by Gasteiger charge is -2.09. The van der Waals surface area contributed by atoms with Gasteiger partial charge in [0.2, 0.25) is 0 Å². The van der Waals surface area contributed by atoms with E-state index in [1.54, 1.807) is 49.4 Å². The molecule has 0 spiro atoms. The molecule has 0 saturated carbocycles. The summed E-state index contributed by atoms with van der Waals surface area (Å²) in [4.78, 5) is 35.0. The molecule has 0 atom stereocenters. The molecule has 0 aliphatic rings. The van der Waals surface area contributed by atoms with Crippen molar-refractivity contribution < 1.29 is 19.1 Å². The summed E-state index contributed by atoms with van der Waals surface area (Å²) >= 11 is 0. The van der Waals surface area contributed by atoms with E-state index in [2.05, 4.69) is 5.32 Å². The number of amides is 1. The summed E-state index contributed by atoms with van der Waals surface area (Å²) in [7, 11) is 0. The van der Waals surface area contributed by atoms with E-state index in [0.29, 0.717) is 16.9 Å². The van der Waals surface area contributed by atoms with Gasteiger partial charge in [0.05, 0.1) is 5.56 Å². The van der Waals surface area contributed by atoms with E-state index in [0.717, 1.165) is 5.56 Å². The van der Waals surface area contributed by atoms with Crippen LogP contribution in [-0.2, 0) is 9.53 Å². The topological polar surface area (TPSA) is 98.5 Å². The molecule has 124 valence electrons. The second-order valence-corrected chi connectivity index (χ2v) is 5.29. The molecule has 0 heterocycles. The summed E-state index contributed by atoms with van der Waals surface area (Å²) in [5.41, 5.74) is 8.21. The van der Waals surface area contributed by atoms with Crippen LogP contribution in [0.5, 0.6) is 0 Å². The predicted octanol–water partition coefficient (Wildman–Crippen LogP) is 2.58. The third-order valence-electron chi connectivity index (χ3n) is 3.45. The number of Topliss-reactive ketones (excluding diaryl/α,β-unsaturated/α-hetero) is 1. The smallest absolute Gasteiger partial charge is 0.340 e. The van der Waals surface area contributed by atoms with E-state index in [9.17, 15) is 14.4 Å². The first-order valence-electron chi connectivity index (χ1n) is 7.31. The molecule has 3 N–H and O–H groups in total. The van der Waals surface area contributed by atoms with Gasteiger partial charge in [-0.15, -0.1) is 0 Å². The number of hydrogen-bond donors (Lipinski definition) is 2. The van der Waals surface area contributed by atoms with Gasteiger partial charge in [-0.05, 0) is 49.7 Å². The number of nitrogens with one attached hydrogen (secondary N) is 1. The van der Waals surface area contributed by atoms with Gasteiger partial charge in [0.25, 0.3) is 5.91 Å². The van der Waals surface area contributed by atoms with Crippen molar-refractivity contribution in [1.82, 2.24) is 0 Å². The normalized spacial score (nSPS) is 10.1. The Bertz CT molecular complexity index is 782. The van der Waals surface area contributed by atoms with Crippen LogP contribution in [0.3, 0.4) is 0 Å². The van der Waals surface area contributed by atoms with Gasteiger partial charge in [-0.1, -0.05) is 12.1 Å². The summed E-state index contributed by atoms with van der Waals surface area (Å²) < 4.78 is 4.97. The lowest BCUT2D eigenvalue weighted by atomic mass is 10.1. The number of carbonyl (C=O) groups is 3. The number of ether oxygens (including phenoxy) is 1. The van der Waals surface area contributed by atoms with Gasteiger partial charge in [0.15, 0.2) is 12.4 Å². The monoisotopic (exact) mass is 326 g/mol. The molecule has 0 saturated heterocycles. The van der Waals surface area contributed by atoms with Gasteiger partial charge in [-0.2, -0.15) is 0 Å². The minimum Gasteiger partial charge on any atom is -0.452 e. The first-order valence-corrected chi connectivity index (χ1v) is 7.31. The highest BCUT2D eigenvalue weighted by atomic mass is 16.5. The average Bonchev–Trinajstić information content (AvgIpc) is 2.55. The number of benzene rings is 2. The van der Waals surface area contributed by atoms with Crippen LogP contribution in [0.25, 0.3) is 0 Å². The number of carbonyl (C=O) groups excluding carboxylic acids is 3. The standard InChI is InChI=1S/C18H18N2O4/c1-11-4-3-5-15(17(11)19)18(23)24-10-16(22)20-14-8-6-13(7-9-14)12(2)21/h3-9H,10,19H2,1-2H3,(H,20,22). The highest BCUT2D eigenvalue weighted by Gasteiger charge is 2.14. The maximum Gasteiger partial charge on any atom is 0.340 e. The van der Waals surface area contributed by atoms with Crippen molar-refractivity contribution in [2.24, 2.45) is 0 Å². The number of anilines is 2. The van der Waals surface area contributed by atoms with E-state index in [4.69, 9.17) is 10.5 Å². The minimum atomic E-state index is -0.654. The number of hydrogen-bond acceptors (Lipinski definition) is 5. The van der Waals surface area contributed by atoms with E-state index >= 15 is 0 Å². The zero-order valence-electron chi connectivity index (χ0n) is 13.5. The van der Waals surface area contributed by atoms with Crippen molar-refractivity contribution in [3.63, 3.8) is 0 Å². The van der Waals surface area contributed by atoms with Gasteiger partial charge in [-0.25, -0.2) is 4.79 Å². The van der Waals surface area contributed by atoms with Gasteiger partial charge < -0.3 is 15.8 Å². The van der Waals surface area contributed by atoms with Crippen molar-refractivity contribution in [1.29, 1.82) is 0 Å². The molecular weight excluding hydrogens is 308 g/mol. The molecule has 0 radical (unpaired) electrons. The average molecular weight is 326 g/mol. The molecule has 0 fully saturated rings. The second-order valence-electron chi connectivity index (χ2n) is 5.29. The highest BCUT2D eigenvalue weighted by molar-refractivity contribution is 5.99. The van der Waals surface area contributed by atoms with Crippen LogP contribution in [-0.4, -0.2) is 24.3 Å². The summed E-state index contributed by atoms with van der Waals surface area (Å²) in [6.07, 6.45) is 0. The summed E-state index contributed by atoms with van der Waals surface area (Å²) in [6, 6.07) is 11.4. The van der Waals surface area contributed by atoms with Crippen molar-refractivity contribution in [2.45, 2.75) is 13.8 Å². The molecule has 24 heavy (non-hydrogen) atoms. The van der Waals surface area contributed by atoms with Crippen molar-refractivity contribution in [2.75, 3.05) is 17.7 Å². The van der Waals surface area contributed by atoms with Crippen LogP contribution < -0.4 is 11.1 Å². The Morgan fingerprint density at radius 2 is 1.75 bits per heavy atom. The molecule has 1 amide bonds. The minimum absolute atomic E-state index is 0.0578. The largest absolute Gasteiger partial charge is 0.452 e. The number of nitrogen functional groups attached to an aromatic ring is 1. The Balaban J connectivity index is 1.92. The molecule has 0 aliphatic heterocycles. The van der Waals surface area contributed by atoms with Crippen LogP contribution in [0.2, 0.25) is 0 Å². The number of esters is 1. The zero-order valence-corrected chi connectivity index (χ0v) is 13.5.